The van der Waals surface area contributed by atoms with Crippen molar-refractivity contribution in [2.45, 2.75) is 59.0 Å². The highest BCUT2D eigenvalue weighted by molar-refractivity contribution is 5.75. The zero-order valence-corrected chi connectivity index (χ0v) is 13.0. The zero-order chi connectivity index (χ0) is 14.5. The summed E-state index contributed by atoms with van der Waals surface area (Å²) in [5.74, 6) is 1.73. The van der Waals surface area contributed by atoms with Crippen molar-refractivity contribution >= 4 is 11.0 Å². The van der Waals surface area contributed by atoms with Gasteiger partial charge in [0.05, 0.1) is 11.0 Å². The molecular weight excluding hydrogens is 246 g/mol. The number of rotatable bonds is 7. The van der Waals surface area contributed by atoms with E-state index in [4.69, 9.17) is 10.7 Å². The lowest BCUT2D eigenvalue weighted by atomic mass is 9.92. The van der Waals surface area contributed by atoms with Crippen molar-refractivity contribution in [3.05, 3.63) is 30.1 Å². The minimum absolute atomic E-state index is 0.206. The molecule has 110 valence electrons. The summed E-state index contributed by atoms with van der Waals surface area (Å²) in [7, 11) is 0. The van der Waals surface area contributed by atoms with Gasteiger partial charge in [-0.2, -0.15) is 0 Å². The van der Waals surface area contributed by atoms with Crippen LogP contribution in [0.4, 0.5) is 0 Å². The highest BCUT2D eigenvalue weighted by Gasteiger charge is 2.18. The van der Waals surface area contributed by atoms with E-state index in [9.17, 15) is 0 Å². The Labute approximate surface area is 122 Å². The lowest BCUT2D eigenvalue weighted by molar-refractivity contribution is 0.385. The quantitative estimate of drug-likeness (QED) is 0.835. The van der Waals surface area contributed by atoms with Gasteiger partial charge in [-0.3, -0.25) is 0 Å². The van der Waals surface area contributed by atoms with Crippen LogP contribution >= 0.6 is 0 Å². The van der Waals surface area contributed by atoms with E-state index in [-0.39, 0.29) is 6.04 Å². The summed E-state index contributed by atoms with van der Waals surface area (Å²) in [6.07, 6.45) is 4.28. The van der Waals surface area contributed by atoms with Crippen molar-refractivity contribution in [2.24, 2.45) is 11.7 Å². The predicted molar refractivity (Wildman–Crippen MR) is 85.8 cm³/mol. The first-order valence-corrected chi connectivity index (χ1v) is 7.90. The van der Waals surface area contributed by atoms with Crippen molar-refractivity contribution < 1.29 is 0 Å². The van der Waals surface area contributed by atoms with E-state index in [1.165, 1.54) is 5.52 Å². The topological polar surface area (TPSA) is 43.8 Å². The zero-order valence-electron chi connectivity index (χ0n) is 13.0. The van der Waals surface area contributed by atoms with Gasteiger partial charge in [-0.05, 0) is 24.5 Å². The molecule has 1 atom stereocenters. The fourth-order valence-electron chi connectivity index (χ4n) is 3.03. The average molecular weight is 273 g/mol. The largest absolute Gasteiger partial charge is 0.328 e. The molecule has 0 spiro atoms. The molecule has 2 N–H and O–H groups in total. The number of nitrogens with zero attached hydrogens (tertiary/aromatic N) is 2. The van der Waals surface area contributed by atoms with Gasteiger partial charge in [0.15, 0.2) is 0 Å². The van der Waals surface area contributed by atoms with E-state index >= 15 is 0 Å². The molecular formula is C17H27N3. The first-order valence-electron chi connectivity index (χ1n) is 7.90. The van der Waals surface area contributed by atoms with E-state index in [1.807, 2.05) is 0 Å². The number of para-hydroxylation sites is 2. The van der Waals surface area contributed by atoms with Gasteiger partial charge < -0.3 is 10.3 Å². The number of hydrogen-bond acceptors (Lipinski definition) is 2. The molecule has 0 amide bonds. The molecule has 0 aliphatic rings. The van der Waals surface area contributed by atoms with Crippen LogP contribution in [0.3, 0.4) is 0 Å². The molecule has 3 nitrogen and oxygen atoms in total. The van der Waals surface area contributed by atoms with E-state index in [0.29, 0.717) is 5.92 Å². The molecule has 0 aliphatic carbocycles. The van der Waals surface area contributed by atoms with Gasteiger partial charge >= 0.3 is 0 Å². The minimum atomic E-state index is 0.206. The summed E-state index contributed by atoms with van der Waals surface area (Å²) >= 11 is 0. The second-order valence-corrected chi connectivity index (χ2v) is 5.61. The Balaban J connectivity index is 2.30. The lowest BCUT2D eigenvalue weighted by Crippen LogP contribution is -2.32. The maximum atomic E-state index is 6.40. The van der Waals surface area contributed by atoms with Crippen LogP contribution in [0, 0.1) is 5.92 Å². The fourth-order valence-corrected chi connectivity index (χ4v) is 3.03. The Hall–Kier alpha value is -1.35. The number of hydrogen-bond donors (Lipinski definition) is 1. The first-order chi connectivity index (χ1) is 9.71. The van der Waals surface area contributed by atoms with Crippen molar-refractivity contribution in [1.82, 2.24) is 9.55 Å². The standard InChI is InChI=1S/C17H27N3/c1-4-11-20-16-10-8-7-9-15(16)19-17(20)12-14(18)13(5-2)6-3/h7-10,13-14H,4-6,11-12,18H2,1-3H3. The van der Waals surface area contributed by atoms with Crippen molar-refractivity contribution in [2.75, 3.05) is 0 Å². The van der Waals surface area contributed by atoms with Crippen LogP contribution < -0.4 is 5.73 Å². The molecule has 1 heterocycles. The monoisotopic (exact) mass is 273 g/mol. The Morgan fingerprint density at radius 1 is 1.15 bits per heavy atom. The Kier molecular flexibility index (Phi) is 5.18. The summed E-state index contributed by atoms with van der Waals surface area (Å²) in [6, 6.07) is 8.59. The molecule has 0 saturated heterocycles. The molecule has 2 rings (SSSR count). The third kappa shape index (κ3) is 3.04. The van der Waals surface area contributed by atoms with Crippen LogP contribution in [0.25, 0.3) is 11.0 Å². The molecule has 1 unspecified atom stereocenters. The average Bonchev–Trinajstić information content (AvgIpc) is 2.79. The second-order valence-electron chi connectivity index (χ2n) is 5.61. The third-order valence-electron chi connectivity index (χ3n) is 4.25. The van der Waals surface area contributed by atoms with Crippen LogP contribution in [0.1, 0.15) is 45.9 Å². The van der Waals surface area contributed by atoms with Crippen LogP contribution in [-0.4, -0.2) is 15.6 Å². The van der Waals surface area contributed by atoms with E-state index < -0.39 is 0 Å². The molecule has 0 aliphatic heterocycles. The first kappa shape index (κ1) is 15.0. The van der Waals surface area contributed by atoms with Crippen molar-refractivity contribution in [3.63, 3.8) is 0 Å². The molecule has 20 heavy (non-hydrogen) atoms. The molecule has 1 aromatic heterocycles. The fraction of sp³-hybridized carbons (Fsp3) is 0.588. The summed E-state index contributed by atoms with van der Waals surface area (Å²) in [5.41, 5.74) is 8.73. The molecule has 2 aromatic rings. The van der Waals surface area contributed by atoms with Crippen molar-refractivity contribution in [3.8, 4) is 0 Å². The molecule has 3 heteroatoms. The molecule has 1 aromatic carbocycles. The predicted octanol–water partition coefficient (Wildman–Crippen LogP) is 3.75. The number of benzene rings is 1. The highest BCUT2D eigenvalue weighted by Crippen LogP contribution is 2.20. The summed E-state index contributed by atoms with van der Waals surface area (Å²) in [5, 5.41) is 0. The van der Waals surface area contributed by atoms with Gasteiger partial charge in [0.1, 0.15) is 5.82 Å². The second kappa shape index (κ2) is 6.89. The van der Waals surface area contributed by atoms with Gasteiger partial charge in [-0.1, -0.05) is 45.7 Å². The third-order valence-corrected chi connectivity index (χ3v) is 4.25. The van der Waals surface area contributed by atoms with Crippen LogP contribution in [0.15, 0.2) is 24.3 Å². The number of aromatic nitrogens is 2. The van der Waals surface area contributed by atoms with Gasteiger partial charge in [0.25, 0.3) is 0 Å². The Bertz CT molecular complexity index is 540. The van der Waals surface area contributed by atoms with Crippen LogP contribution in [-0.2, 0) is 13.0 Å². The van der Waals surface area contributed by atoms with E-state index in [2.05, 4.69) is 49.6 Å². The van der Waals surface area contributed by atoms with Crippen LogP contribution in [0.5, 0.6) is 0 Å². The molecule has 0 fully saturated rings. The SMILES string of the molecule is CCCn1c(CC(N)C(CC)CC)nc2ccccc21. The number of nitrogens with two attached hydrogens (primary N) is 1. The van der Waals surface area contributed by atoms with Gasteiger partial charge in [0, 0.05) is 19.0 Å². The minimum Gasteiger partial charge on any atom is -0.328 e. The number of imidazole rings is 1. The van der Waals surface area contributed by atoms with Crippen molar-refractivity contribution in [1.29, 1.82) is 0 Å². The Morgan fingerprint density at radius 2 is 1.85 bits per heavy atom. The maximum absolute atomic E-state index is 6.40. The summed E-state index contributed by atoms with van der Waals surface area (Å²) in [6.45, 7) is 7.68. The van der Waals surface area contributed by atoms with Gasteiger partial charge in [-0.25, -0.2) is 4.98 Å². The maximum Gasteiger partial charge on any atom is 0.111 e. The normalized spacial score (nSPS) is 13.2. The summed E-state index contributed by atoms with van der Waals surface area (Å²) < 4.78 is 2.34. The number of aryl methyl sites for hydroxylation is 1. The number of fused-ring (bicyclic) bond motifs is 1. The smallest absolute Gasteiger partial charge is 0.111 e. The van der Waals surface area contributed by atoms with E-state index in [1.54, 1.807) is 0 Å². The molecule has 0 radical (unpaired) electrons. The highest BCUT2D eigenvalue weighted by atomic mass is 15.1. The lowest BCUT2D eigenvalue weighted by Gasteiger charge is -2.21. The molecule has 0 saturated carbocycles. The Morgan fingerprint density at radius 3 is 2.50 bits per heavy atom. The van der Waals surface area contributed by atoms with Gasteiger partial charge in [0.2, 0.25) is 0 Å². The van der Waals surface area contributed by atoms with Gasteiger partial charge in [-0.15, -0.1) is 0 Å². The van der Waals surface area contributed by atoms with Crippen LogP contribution in [0.2, 0.25) is 0 Å². The summed E-state index contributed by atoms with van der Waals surface area (Å²) in [4.78, 5) is 4.81. The molecule has 0 bridgehead atoms. The van der Waals surface area contributed by atoms with E-state index in [0.717, 1.165) is 43.6 Å².